The molecule has 0 aromatic carbocycles. The second-order valence-electron chi connectivity index (χ2n) is 3.07. The van der Waals surface area contributed by atoms with Crippen molar-refractivity contribution in [3.63, 3.8) is 0 Å². The van der Waals surface area contributed by atoms with Gasteiger partial charge in [-0.15, -0.1) is 0 Å². The van der Waals surface area contributed by atoms with E-state index in [2.05, 4.69) is 0 Å². The minimum atomic E-state index is -1.59. The number of carbonyl (C=O) groups is 1. The van der Waals surface area contributed by atoms with E-state index in [1.54, 1.807) is 0 Å². The SMILES string of the molecule is C[C@@H]1OC(C(=O)O)C(O)C(O)C1O. The van der Waals surface area contributed by atoms with Gasteiger partial charge in [-0.25, -0.2) is 4.79 Å². The maximum Gasteiger partial charge on any atom is 0.335 e. The van der Waals surface area contributed by atoms with Gasteiger partial charge in [-0.3, -0.25) is 0 Å². The third-order valence-corrected chi connectivity index (χ3v) is 2.10. The predicted octanol–water partition coefficient (Wildman–Crippen LogP) is -2.06. The molecule has 1 fully saturated rings. The van der Waals surface area contributed by atoms with Gasteiger partial charge in [0.1, 0.15) is 18.3 Å². The van der Waals surface area contributed by atoms with Crippen molar-refractivity contribution in [3.8, 4) is 0 Å². The number of ether oxygens (including phenoxy) is 1. The van der Waals surface area contributed by atoms with Crippen LogP contribution in [0.1, 0.15) is 6.92 Å². The van der Waals surface area contributed by atoms with Crippen LogP contribution >= 0.6 is 0 Å². The van der Waals surface area contributed by atoms with Crippen molar-refractivity contribution in [3.05, 3.63) is 0 Å². The van der Waals surface area contributed by atoms with Crippen LogP contribution in [0.25, 0.3) is 0 Å². The summed E-state index contributed by atoms with van der Waals surface area (Å²) in [7, 11) is 0. The molecule has 6 nitrogen and oxygen atoms in total. The summed E-state index contributed by atoms with van der Waals surface area (Å²) >= 11 is 0. The summed E-state index contributed by atoms with van der Waals surface area (Å²) in [5.41, 5.74) is 0. The summed E-state index contributed by atoms with van der Waals surface area (Å²) in [6.45, 7) is 1.43. The molecule has 1 aliphatic rings. The van der Waals surface area contributed by atoms with Crippen molar-refractivity contribution >= 4 is 5.97 Å². The number of carboxylic acid groups (broad SMARTS) is 1. The van der Waals surface area contributed by atoms with E-state index in [4.69, 9.17) is 9.84 Å². The first-order valence-corrected chi connectivity index (χ1v) is 3.87. The fourth-order valence-corrected chi connectivity index (χ4v) is 1.26. The Morgan fingerprint density at radius 2 is 1.69 bits per heavy atom. The second-order valence-corrected chi connectivity index (χ2v) is 3.07. The van der Waals surface area contributed by atoms with Gasteiger partial charge in [0.2, 0.25) is 0 Å². The first kappa shape index (κ1) is 10.4. The van der Waals surface area contributed by atoms with Gasteiger partial charge in [-0.1, -0.05) is 0 Å². The number of aliphatic hydroxyl groups excluding tert-OH is 3. The van der Waals surface area contributed by atoms with Gasteiger partial charge in [-0.05, 0) is 6.92 Å². The lowest BCUT2D eigenvalue weighted by Gasteiger charge is -2.37. The fourth-order valence-electron chi connectivity index (χ4n) is 1.26. The lowest BCUT2D eigenvalue weighted by molar-refractivity contribution is -0.223. The van der Waals surface area contributed by atoms with Crippen LogP contribution in [0.4, 0.5) is 0 Å². The predicted molar refractivity (Wildman–Crippen MR) is 40.0 cm³/mol. The van der Waals surface area contributed by atoms with Crippen LogP contribution in [0.2, 0.25) is 0 Å². The molecule has 1 aliphatic heterocycles. The molecule has 0 aliphatic carbocycles. The first-order chi connectivity index (χ1) is 5.95. The van der Waals surface area contributed by atoms with Gasteiger partial charge in [0.15, 0.2) is 6.10 Å². The highest BCUT2D eigenvalue weighted by Crippen LogP contribution is 2.20. The zero-order valence-electron chi connectivity index (χ0n) is 6.99. The molecule has 0 saturated carbocycles. The highest BCUT2D eigenvalue weighted by atomic mass is 16.6. The van der Waals surface area contributed by atoms with Crippen molar-refractivity contribution < 1.29 is 30.0 Å². The van der Waals surface area contributed by atoms with E-state index >= 15 is 0 Å². The Hall–Kier alpha value is -0.690. The van der Waals surface area contributed by atoms with Crippen molar-refractivity contribution in [1.82, 2.24) is 0 Å². The molecule has 0 spiro atoms. The molecular formula is C7H12O6. The maximum absolute atomic E-state index is 10.5. The van der Waals surface area contributed by atoms with Crippen LogP contribution in [0, 0.1) is 0 Å². The number of aliphatic hydroxyl groups is 3. The molecule has 1 saturated heterocycles. The van der Waals surface area contributed by atoms with Crippen LogP contribution in [-0.2, 0) is 9.53 Å². The average Bonchev–Trinajstić information content (AvgIpc) is 2.07. The number of aliphatic carboxylic acids is 1. The zero-order valence-corrected chi connectivity index (χ0v) is 6.99. The van der Waals surface area contributed by atoms with E-state index in [0.29, 0.717) is 0 Å². The van der Waals surface area contributed by atoms with Crippen LogP contribution in [0.5, 0.6) is 0 Å². The molecule has 13 heavy (non-hydrogen) atoms. The molecule has 0 aromatic rings. The van der Waals surface area contributed by atoms with Crippen molar-refractivity contribution in [2.45, 2.75) is 37.4 Å². The minimum absolute atomic E-state index is 0.806. The molecule has 0 radical (unpaired) electrons. The summed E-state index contributed by atoms with van der Waals surface area (Å²) in [5, 5.41) is 36.1. The molecule has 76 valence electrons. The monoisotopic (exact) mass is 192 g/mol. The van der Waals surface area contributed by atoms with Gasteiger partial charge in [0.25, 0.3) is 0 Å². The number of carboxylic acids is 1. The van der Waals surface area contributed by atoms with E-state index in [-0.39, 0.29) is 0 Å². The molecule has 1 rings (SSSR count). The minimum Gasteiger partial charge on any atom is -0.479 e. The summed E-state index contributed by atoms with van der Waals surface area (Å²) in [5.74, 6) is -1.36. The van der Waals surface area contributed by atoms with Gasteiger partial charge in [0, 0.05) is 0 Å². The Bertz CT molecular complexity index is 205. The first-order valence-electron chi connectivity index (χ1n) is 3.87. The van der Waals surface area contributed by atoms with Crippen LogP contribution in [0.3, 0.4) is 0 Å². The summed E-state index contributed by atoms with van der Waals surface area (Å²) in [6.07, 6.45) is -6.62. The quantitative estimate of drug-likeness (QED) is 0.380. The van der Waals surface area contributed by atoms with Crippen LogP contribution in [-0.4, -0.2) is 56.9 Å². The Morgan fingerprint density at radius 3 is 2.15 bits per heavy atom. The van der Waals surface area contributed by atoms with Crippen molar-refractivity contribution in [2.75, 3.05) is 0 Å². The van der Waals surface area contributed by atoms with Crippen LogP contribution < -0.4 is 0 Å². The lowest BCUT2D eigenvalue weighted by Crippen LogP contribution is -2.58. The molecule has 4 N–H and O–H groups in total. The van der Waals surface area contributed by atoms with E-state index < -0.39 is 36.5 Å². The summed E-state index contributed by atoms with van der Waals surface area (Å²) in [6, 6.07) is 0. The molecule has 0 amide bonds. The highest BCUT2D eigenvalue weighted by molar-refractivity contribution is 5.73. The smallest absolute Gasteiger partial charge is 0.335 e. The molecular weight excluding hydrogens is 180 g/mol. The topological polar surface area (TPSA) is 107 Å². The van der Waals surface area contributed by atoms with Gasteiger partial charge < -0.3 is 25.2 Å². The van der Waals surface area contributed by atoms with E-state index in [1.807, 2.05) is 0 Å². The normalized spacial score (nSPS) is 46.0. The number of hydrogen-bond donors (Lipinski definition) is 4. The largest absolute Gasteiger partial charge is 0.479 e. The molecule has 0 aromatic heterocycles. The van der Waals surface area contributed by atoms with Gasteiger partial charge in [0.05, 0.1) is 6.10 Å². The second kappa shape index (κ2) is 3.59. The maximum atomic E-state index is 10.5. The van der Waals surface area contributed by atoms with Gasteiger partial charge in [-0.2, -0.15) is 0 Å². The van der Waals surface area contributed by atoms with E-state index in [9.17, 15) is 20.1 Å². The van der Waals surface area contributed by atoms with Crippen molar-refractivity contribution in [1.29, 1.82) is 0 Å². The Labute approximate surface area is 74.4 Å². The van der Waals surface area contributed by atoms with E-state index in [1.165, 1.54) is 6.92 Å². The summed E-state index contributed by atoms with van der Waals surface area (Å²) in [4.78, 5) is 10.5. The van der Waals surface area contributed by atoms with Crippen LogP contribution in [0.15, 0.2) is 0 Å². The summed E-state index contributed by atoms with van der Waals surface area (Å²) < 4.78 is 4.78. The number of hydrogen-bond acceptors (Lipinski definition) is 5. The lowest BCUT2D eigenvalue weighted by atomic mass is 9.96. The average molecular weight is 192 g/mol. The Kier molecular flexibility index (Phi) is 2.87. The van der Waals surface area contributed by atoms with Gasteiger partial charge >= 0.3 is 5.97 Å². The molecule has 6 heteroatoms. The Morgan fingerprint density at radius 1 is 1.15 bits per heavy atom. The molecule has 1 heterocycles. The third kappa shape index (κ3) is 1.80. The molecule has 5 atom stereocenters. The van der Waals surface area contributed by atoms with Crippen molar-refractivity contribution in [2.24, 2.45) is 0 Å². The molecule has 0 bridgehead atoms. The number of rotatable bonds is 1. The standard InChI is InChI=1S/C7H12O6/c1-2-3(8)4(9)5(10)6(13-2)7(11)12/h2-6,8-10H,1H3,(H,11,12)/t2-,3?,4?,5?,6?/m0/s1. The fraction of sp³-hybridized carbons (Fsp3) is 0.857. The molecule has 4 unspecified atom stereocenters. The zero-order chi connectivity index (χ0) is 10.2. The Balaban J connectivity index is 2.76. The third-order valence-electron chi connectivity index (χ3n) is 2.10. The highest BCUT2D eigenvalue weighted by Gasteiger charge is 2.44. The van der Waals surface area contributed by atoms with E-state index in [0.717, 1.165) is 0 Å².